The summed E-state index contributed by atoms with van der Waals surface area (Å²) < 4.78 is 15.0. The first-order valence-electron chi connectivity index (χ1n) is 9.04. The van der Waals surface area contributed by atoms with Gasteiger partial charge < -0.3 is 4.90 Å². The average molecular weight is 397 g/mol. The summed E-state index contributed by atoms with van der Waals surface area (Å²) in [5.41, 5.74) is 3.45. The lowest BCUT2D eigenvalue weighted by Gasteiger charge is -2.16. The number of nitrogens with one attached hydrogen (secondary N) is 1. The lowest BCUT2D eigenvalue weighted by atomic mass is 10.1. The third kappa shape index (κ3) is 4.12. The Labute approximate surface area is 165 Å². The minimum absolute atomic E-state index is 0.0577. The van der Waals surface area contributed by atoms with E-state index in [0.717, 1.165) is 40.4 Å². The van der Waals surface area contributed by atoms with Crippen molar-refractivity contribution in [3.8, 4) is 11.3 Å². The van der Waals surface area contributed by atoms with Gasteiger partial charge in [0.2, 0.25) is 5.91 Å². The quantitative estimate of drug-likeness (QED) is 0.519. The Kier molecular flexibility index (Phi) is 5.21. The van der Waals surface area contributed by atoms with Crippen LogP contribution < -0.4 is 0 Å². The summed E-state index contributed by atoms with van der Waals surface area (Å²) in [6.45, 7) is 0.659. The number of rotatable bonds is 7. The van der Waals surface area contributed by atoms with Crippen molar-refractivity contribution in [2.24, 2.45) is 0 Å². The lowest BCUT2D eigenvalue weighted by molar-refractivity contribution is -0.129. The first-order chi connectivity index (χ1) is 13.6. The molecule has 4 rings (SSSR count). The topological polar surface area (TPSA) is 66.3 Å². The summed E-state index contributed by atoms with van der Waals surface area (Å²) >= 11 is 1.56. The Morgan fingerprint density at radius 3 is 2.93 bits per heavy atom. The van der Waals surface area contributed by atoms with E-state index in [1.54, 1.807) is 28.4 Å². The molecular weight excluding hydrogens is 377 g/mol. The Morgan fingerprint density at radius 1 is 1.32 bits per heavy atom. The molecular formula is C20H20FN5OS. The van der Waals surface area contributed by atoms with Crippen molar-refractivity contribution in [1.29, 1.82) is 0 Å². The summed E-state index contributed by atoms with van der Waals surface area (Å²) in [4.78, 5) is 19.5. The van der Waals surface area contributed by atoms with E-state index in [1.807, 2.05) is 35.3 Å². The lowest BCUT2D eigenvalue weighted by Crippen LogP contribution is -2.29. The molecule has 0 unspecified atom stereocenters. The van der Waals surface area contributed by atoms with Crippen LogP contribution in [0.15, 0.2) is 48.1 Å². The number of carbonyl (C=O) groups is 1. The van der Waals surface area contributed by atoms with E-state index in [4.69, 9.17) is 0 Å². The summed E-state index contributed by atoms with van der Waals surface area (Å²) in [5.74, 6) is -0.204. The molecule has 0 aliphatic carbocycles. The van der Waals surface area contributed by atoms with Gasteiger partial charge in [-0.25, -0.2) is 9.37 Å². The molecule has 0 atom stereocenters. The fraction of sp³-hybridized carbons (Fsp3) is 0.250. The number of carbonyl (C=O) groups excluding carboxylic acids is 1. The molecule has 1 amide bonds. The number of hydrogen-bond acceptors (Lipinski definition) is 4. The van der Waals surface area contributed by atoms with Gasteiger partial charge in [0.15, 0.2) is 4.96 Å². The highest BCUT2D eigenvalue weighted by atomic mass is 32.1. The van der Waals surface area contributed by atoms with Crippen LogP contribution in [0.25, 0.3) is 16.2 Å². The van der Waals surface area contributed by atoms with Crippen molar-refractivity contribution in [2.75, 3.05) is 13.6 Å². The number of aromatic amines is 1. The Balaban J connectivity index is 1.26. The van der Waals surface area contributed by atoms with Gasteiger partial charge in [-0.3, -0.25) is 14.3 Å². The second-order valence-corrected chi connectivity index (χ2v) is 7.58. The summed E-state index contributed by atoms with van der Waals surface area (Å²) in [6.07, 6.45) is 5.76. The number of nitrogens with zero attached hydrogens (tertiary/aromatic N) is 4. The third-order valence-corrected chi connectivity index (χ3v) is 5.38. The Morgan fingerprint density at radius 2 is 2.14 bits per heavy atom. The number of fused-ring (bicyclic) bond motifs is 1. The van der Waals surface area contributed by atoms with Gasteiger partial charge >= 0.3 is 0 Å². The van der Waals surface area contributed by atoms with Crippen molar-refractivity contribution >= 4 is 22.2 Å². The van der Waals surface area contributed by atoms with Gasteiger partial charge in [-0.1, -0.05) is 0 Å². The SMILES string of the molecule is CN(CCCc1cc(-c2ccc(F)cc2)n[nH]1)C(=O)Cc1cn2ccsc2n1. The zero-order chi connectivity index (χ0) is 19.5. The van der Waals surface area contributed by atoms with Gasteiger partial charge in [0.25, 0.3) is 0 Å². The van der Waals surface area contributed by atoms with Crippen LogP contribution in [0.4, 0.5) is 4.39 Å². The molecule has 28 heavy (non-hydrogen) atoms. The van der Waals surface area contributed by atoms with Crippen molar-refractivity contribution in [3.63, 3.8) is 0 Å². The van der Waals surface area contributed by atoms with E-state index in [-0.39, 0.29) is 11.7 Å². The highest BCUT2D eigenvalue weighted by Crippen LogP contribution is 2.18. The number of hydrogen-bond donors (Lipinski definition) is 1. The van der Waals surface area contributed by atoms with Gasteiger partial charge in [0, 0.05) is 42.6 Å². The smallest absolute Gasteiger partial charge is 0.228 e. The highest BCUT2D eigenvalue weighted by Gasteiger charge is 2.13. The number of benzene rings is 1. The van der Waals surface area contributed by atoms with Crippen molar-refractivity contribution in [3.05, 3.63) is 65.3 Å². The molecule has 6 nitrogen and oxygen atoms in total. The molecule has 3 heterocycles. The maximum absolute atomic E-state index is 13.0. The predicted molar refractivity (Wildman–Crippen MR) is 107 cm³/mol. The number of aryl methyl sites for hydroxylation is 1. The van der Waals surface area contributed by atoms with Crippen LogP contribution in [0, 0.1) is 5.82 Å². The molecule has 0 saturated heterocycles. The third-order valence-electron chi connectivity index (χ3n) is 4.61. The molecule has 0 radical (unpaired) electrons. The Hall–Kier alpha value is -3.00. The fourth-order valence-electron chi connectivity index (χ4n) is 3.04. The van der Waals surface area contributed by atoms with Crippen LogP contribution in [0.3, 0.4) is 0 Å². The van der Waals surface area contributed by atoms with Gasteiger partial charge in [-0.05, 0) is 43.2 Å². The van der Waals surface area contributed by atoms with E-state index in [1.165, 1.54) is 12.1 Å². The number of H-pyrrole nitrogens is 1. The zero-order valence-electron chi connectivity index (χ0n) is 15.4. The number of amides is 1. The molecule has 0 saturated carbocycles. The van der Waals surface area contributed by atoms with Gasteiger partial charge in [0.1, 0.15) is 5.82 Å². The number of halogens is 1. The van der Waals surface area contributed by atoms with Gasteiger partial charge in [-0.15, -0.1) is 11.3 Å². The monoisotopic (exact) mass is 397 g/mol. The number of likely N-dealkylation sites (N-methyl/N-ethyl adjacent to an activating group) is 1. The first-order valence-corrected chi connectivity index (χ1v) is 9.92. The van der Waals surface area contributed by atoms with E-state index in [9.17, 15) is 9.18 Å². The first kappa shape index (κ1) is 18.4. The van der Waals surface area contributed by atoms with Gasteiger partial charge in [-0.2, -0.15) is 5.10 Å². The molecule has 4 aromatic rings. The molecule has 0 fully saturated rings. The standard InChI is InChI=1S/C20H20FN5OS/c1-25(19(27)12-17-13-26-9-10-28-20(26)22-17)8-2-3-16-11-18(24-23-16)14-4-6-15(21)7-5-14/h4-7,9-11,13H,2-3,8,12H2,1H3,(H,23,24). The van der Waals surface area contributed by atoms with Crippen LogP contribution in [0.5, 0.6) is 0 Å². The zero-order valence-corrected chi connectivity index (χ0v) is 16.2. The largest absolute Gasteiger partial charge is 0.345 e. The van der Waals surface area contributed by atoms with Crippen LogP contribution in [0.1, 0.15) is 17.8 Å². The molecule has 3 aromatic heterocycles. The second-order valence-electron chi connectivity index (χ2n) is 6.71. The van der Waals surface area contributed by atoms with Crippen molar-refractivity contribution < 1.29 is 9.18 Å². The van der Waals surface area contributed by atoms with E-state index < -0.39 is 0 Å². The van der Waals surface area contributed by atoms with Crippen LogP contribution >= 0.6 is 11.3 Å². The molecule has 8 heteroatoms. The average Bonchev–Trinajstić information content (AvgIpc) is 3.38. The maximum atomic E-state index is 13.0. The summed E-state index contributed by atoms with van der Waals surface area (Å²) in [7, 11) is 1.82. The predicted octanol–water partition coefficient (Wildman–Crippen LogP) is 3.56. The van der Waals surface area contributed by atoms with Crippen LogP contribution in [-0.2, 0) is 17.6 Å². The molecule has 0 aliphatic rings. The van der Waals surface area contributed by atoms with E-state index in [0.29, 0.717) is 13.0 Å². The normalized spacial score (nSPS) is 11.2. The Bertz CT molecular complexity index is 1050. The van der Waals surface area contributed by atoms with Crippen molar-refractivity contribution in [1.82, 2.24) is 24.5 Å². The summed E-state index contributed by atoms with van der Waals surface area (Å²) in [6, 6.07) is 8.23. The second kappa shape index (κ2) is 7.93. The minimum atomic E-state index is -0.261. The van der Waals surface area contributed by atoms with Crippen LogP contribution in [0.2, 0.25) is 0 Å². The minimum Gasteiger partial charge on any atom is -0.345 e. The molecule has 1 aromatic carbocycles. The molecule has 0 aliphatic heterocycles. The molecule has 0 spiro atoms. The molecule has 1 N–H and O–H groups in total. The van der Waals surface area contributed by atoms with E-state index in [2.05, 4.69) is 15.2 Å². The highest BCUT2D eigenvalue weighted by molar-refractivity contribution is 7.15. The van der Waals surface area contributed by atoms with E-state index >= 15 is 0 Å². The van der Waals surface area contributed by atoms with Crippen LogP contribution in [-0.4, -0.2) is 44.0 Å². The van der Waals surface area contributed by atoms with Crippen molar-refractivity contribution in [2.45, 2.75) is 19.3 Å². The molecule has 144 valence electrons. The maximum Gasteiger partial charge on any atom is 0.228 e. The molecule has 0 bridgehead atoms. The fourth-order valence-corrected chi connectivity index (χ4v) is 3.76. The van der Waals surface area contributed by atoms with Gasteiger partial charge in [0.05, 0.1) is 17.8 Å². The summed E-state index contributed by atoms with van der Waals surface area (Å²) in [5, 5.41) is 9.27. The number of thiazole rings is 1. The number of imidazole rings is 1. The number of aromatic nitrogens is 4.